The van der Waals surface area contributed by atoms with Crippen molar-refractivity contribution >= 4 is 45.8 Å². The maximum atomic E-state index is 12.0. The van der Waals surface area contributed by atoms with Crippen molar-refractivity contribution in [3.05, 3.63) is 12.2 Å². The molecular weight excluding hydrogens is 465 g/mol. The third kappa shape index (κ3) is 16.5. The highest BCUT2D eigenvalue weighted by Gasteiger charge is 2.49. The molecule has 0 bridgehead atoms. The third-order valence-electron chi connectivity index (χ3n) is 3.30. The molecule has 0 saturated heterocycles. The first-order chi connectivity index (χ1) is 13.8. The van der Waals surface area contributed by atoms with Crippen LogP contribution in [0.3, 0.4) is 0 Å². The Morgan fingerprint density at radius 3 is 1.58 bits per heavy atom. The van der Waals surface area contributed by atoms with E-state index in [0.717, 1.165) is 0 Å². The summed E-state index contributed by atoms with van der Waals surface area (Å²) in [6.07, 6.45) is 0.698. The highest BCUT2D eigenvalue weighted by atomic mass is 28.5. The van der Waals surface area contributed by atoms with Crippen LogP contribution in [0, 0.1) is 0 Å². The lowest BCUT2D eigenvalue weighted by atomic mass is 10.4. The molecule has 2 N–H and O–H groups in total. The van der Waals surface area contributed by atoms with E-state index in [4.69, 9.17) is 17.1 Å². The largest absolute Gasteiger partial charge is 0.469 e. The van der Waals surface area contributed by atoms with Crippen molar-refractivity contribution in [3.8, 4) is 0 Å². The highest BCUT2D eigenvalue weighted by molar-refractivity contribution is 6.90. The number of amides is 2. The van der Waals surface area contributed by atoms with Crippen molar-refractivity contribution in [1.29, 1.82) is 0 Å². The van der Waals surface area contributed by atoms with E-state index >= 15 is 0 Å². The lowest BCUT2D eigenvalue weighted by Gasteiger charge is -2.43. The zero-order chi connectivity index (χ0) is 24.5. The molecule has 8 nitrogen and oxygen atoms in total. The molecule has 0 fully saturated rings. The summed E-state index contributed by atoms with van der Waals surface area (Å²) in [5.74, 6) is -0.462. The van der Waals surface area contributed by atoms with Gasteiger partial charge in [-0.05, 0) is 72.3 Å². The van der Waals surface area contributed by atoms with Gasteiger partial charge in [0.2, 0.25) is 0 Å². The molecule has 0 atom stereocenters. The molecule has 0 heterocycles. The van der Waals surface area contributed by atoms with Crippen molar-refractivity contribution in [2.24, 2.45) is 0 Å². The summed E-state index contributed by atoms with van der Waals surface area (Å²) in [6, 6.07) is 0.365. The Morgan fingerprint density at radius 1 is 0.774 bits per heavy atom. The molecule has 0 saturated carbocycles. The van der Waals surface area contributed by atoms with Crippen LogP contribution in [0.1, 0.15) is 13.3 Å². The SMILES string of the molecule is C=C(C)C(=O)OCCNC(=O)NCCC[Si](O[Si](C)(C)C)(O[Si](C)(C)C)O[Si](C)(C)C. The van der Waals surface area contributed by atoms with Gasteiger partial charge in [-0.25, -0.2) is 9.59 Å². The fourth-order valence-corrected chi connectivity index (χ4v) is 17.3. The van der Waals surface area contributed by atoms with E-state index in [1.165, 1.54) is 0 Å². The van der Waals surface area contributed by atoms with Gasteiger partial charge in [0.15, 0.2) is 25.0 Å². The summed E-state index contributed by atoms with van der Waals surface area (Å²) in [6.45, 7) is 25.3. The van der Waals surface area contributed by atoms with Crippen LogP contribution < -0.4 is 10.6 Å². The molecule has 0 radical (unpaired) electrons. The van der Waals surface area contributed by atoms with Crippen LogP contribution in [0.5, 0.6) is 0 Å². The van der Waals surface area contributed by atoms with Gasteiger partial charge in [0.1, 0.15) is 6.61 Å². The molecule has 0 spiro atoms. The summed E-state index contributed by atoms with van der Waals surface area (Å²) in [5.41, 5.74) is 0.332. The van der Waals surface area contributed by atoms with E-state index in [1.807, 2.05) is 0 Å². The van der Waals surface area contributed by atoms with Gasteiger partial charge in [-0.3, -0.25) is 0 Å². The maximum Gasteiger partial charge on any atom is 0.469 e. The number of urea groups is 1. The first-order valence-electron chi connectivity index (χ1n) is 10.8. The number of esters is 1. The number of ether oxygens (including phenoxy) is 1. The van der Waals surface area contributed by atoms with E-state index in [0.29, 0.717) is 24.6 Å². The monoisotopic (exact) mass is 508 g/mol. The second kappa shape index (κ2) is 12.5. The Kier molecular flexibility index (Phi) is 12.2. The topological polar surface area (TPSA) is 95.1 Å². The number of nitrogens with one attached hydrogen (secondary N) is 2. The Hall–Kier alpha value is -0.772. The van der Waals surface area contributed by atoms with Crippen LogP contribution in [0.4, 0.5) is 4.79 Å². The van der Waals surface area contributed by atoms with Gasteiger partial charge in [0.05, 0.1) is 6.54 Å². The number of rotatable bonds is 14. The lowest BCUT2D eigenvalue weighted by Crippen LogP contribution is -2.60. The fraction of sp³-hybridized carbons (Fsp3) is 0.789. The van der Waals surface area contributed by atoms with Gasteiger partial charge in [-0.2, -0.15) is 0 Å². The summed E-state index contributed by atoms with van der Waals surface area (Å²) < 4.78 is 24.8. The van der Waals surface area contributed by atoms with E-state index in [1.54, 1.807) is 6.92 Å². The number of carbonyl (C=O) groups excluding carboxylic acids is 2. The second-order valence-electron chi connectivity index (χ2n) is 10.5. The minimum absolute atomic E-state index is 0.104. The Morgan fingerprint density at radius 2 is 1.19 bits per heavy atom. The molecular formula is C19H44N2O6Si4. The van der Waals surface area contributed by atoms with Crippen molar-refractivity contribution in [2.75, 3.05) is 19.7 Å². The van der Waals surface area contributed by atoms with Crippen LogP contribution in [0.2, 0.25) is 65.0 Å². The molecule has 0 aromatic rings. The third-order valence-corrected chi connectivity index (χ3v) is 15.3. The van der Waals surface area contributed by atoms with Gasteiger partial charge in [-0.1, -0.05) is 6.58 Å². The van der Waals surface area contributed by atoms with Crippen molar-refractivity contribution in [2.45, 2.75) is 78.3 Å². The Bertz CT molecular complexity index is 571. The van der Waals surface area contributed by atoms with Crippen LogP contribution in [-0.4, -0.2) is 65.5 Å². The number of hydrogen-bond donors (Lipinski definition) is 2. The standard InChI is InChI=1S/C19H44N2O6Si4/c1-17(2)18(22)24-15-14-21-19(23)20-13-12-16-31(25-28(3,4)5,26-29(6,7)8)27-30(9,10)11/h1,12-16H2,2-11H3,(H2,20,21,23). The summed E-state index contributed by atoms with van der Waals surface area (Å²) in [7, 11) is -8.59. The molecule has 0 aliphatic heterocycles. The van der Waals surface area contributed by atoms with Gasteiger partial charge in [-0.15, -0.1) is 0 Å². The van der Waals surface area contributed by atoms with Crippen molar-refractivity contribution < 1.29 is 26.7 Å². The Labute approximate surface area is 193 Å². The normalized spacial score (nSPS) is 13.0. The van der Waals surface area contributed by atoms with Crippen molar-refractivity contribution in [3.63, 3.8) is 0 Å². The predicted molar refractivity (Wildman–Crippen MR) is 136 cm³/mol. The summed E-state index contributed by atoms with van der Waals surface area (Å²) >= 11 is 0. The van der Waals surface area contributed by atoms with Gasteiger partial charge >= 0.3 is 20.8 Å². The number of hydrogen-bond acceptors (Lipinski definition) is 6. The van der Waals surface area contributed by atoms with Gasteiger partial charge in [0.25, 0.3) is 0 Å². The molecule has 0 aromatic carbocycles. The molecule has 0 aliphatic rings. The molecule has 182 valence electrons. The average molecular weight is 509 g/mol. The van der Waals surface area contributed by atoms with Crippen LogP contribution in [0.25, 0.3) is 0 Å². The maximum absolute atomic E-state index is 12.0. The lowest BCUT2D eigenvalue weighted by molar-refractivity contribution is -0.138. The predicted octanol–water partition coefficient (Wildman–Crippen LogP) is 4.29. The molecule has 0 aliphatic carbocycles. The molecule has 0 aromatic heterocycles. The van der Waals surface area contributed by atoms with Crippen LogP contribution >= 0.6 is 0 Å². The fourth-order valence-electron chi connectivity index (χ4n) is 2.62. The van der Waals surface area contributed by atoms with Gasteiger partial charge < -0.3 is 27.7 Å². The van der Waals surface area contributed by atoms with E-state index < -0.39 is 39.7 Å². The Balaban J connectivity index is 4.82. The number of carbonyl (C=O) groups is 2. The zero-order valence-electron chi connectivity index (χ0n) is 21.2. The quantitative estimate of drug-likeness (QED) is 0.157. The summed E-state index contributed by atoms with van der Waals surface area (Å²) in [4.78, 5) is 23.3. The minimum Gasteiger partial charge on any atom is -0.460 e. The average Bonchev–Trinajstić information content (AvgIpc) is 2.50. The zero-order valence-corrected chi connectivity index (χ0v) is 25.2. The van der Waals surface area contributed by atoms with Crippen LogP contribution in [0.15, 0.2) is 12.2 Å². The van der Waals surface area contributed by atoms with Crippen molar-refractivity contribution in [1.82, 2.24) is 10.6 Å². The first kappa shape index (κ1) is 30.2. The smallest absolute Gasteiger partial charge is 0.460 e. The molecule has 2 amide bonds. The molecule has 12 heteroatoms. The first-order valence-corrected chi connectivity index (χ1v) is 22.9. The van der Waals surface area contributed by atoms with Gasteiger partial charge in [0, 0.05) is 18.2 Å². The van der Waals surface area contributed by atoms with E-state index in [-0.39, 0.29) is 19.2 Å². The van der Waals surface area contributed by atoms with E-state index in [2.05, 4.69) is 76.1 Å². The molecule has 31 heavy (non-hydrogen) atoms. The van der Waals surface area contributed by atoms with Crippen LogP contribution in [-0.2, 0) is 21.9 Å². The molecule has 0 rings (SSSR count). The second-order valence-corrected chi connectivity index (χ2v) is 27.5. The minimum atomic E-state index is -2.88. The van der Waals surface area contributed by atoms with E-state index in [9.17, 15) is 9.59 Å². The highest BCUT2D eigenvalue weighted by Crippen LogP contribution is 2.29. The molecule has 0 unspecified atom stereocenters. The summed E-state index contributed by atoms with van der Waals surface area (Å²) in [5, 5.41) is 5.51.